The van der Waals surface area contributed by atoms with Crippen molar-refractivity contribution in [2.75, 3.05) is 0 Å². The first-order valence-electron chi connectivity index (χ1n) is 15.9. The van der Waals surface area contributed by atoms with Crippen molar-refractivity contribution in [1.29, 1.82) is 0 Å². The first-order chi connectivity index (χ1) is 17.8. The summed E-state index contributed by atoms with van der Waals surface area (Å²) in [5, 5.41) is 0. The Kier molecular flexibility index (Phi) is 10.8. The molecule has 4 fully saturated rings. The molecule has 0 aromatic carbocycles. The van der Waals surface area contributed by atoms with Crippen LogP contribution in [-0.4, -0.2) is 45.0 Å². The number of rotatable bonds is 10. The molecule has 0 spiro atoms. The zero-order chi connectivity index (χ0) is 26.5. The van der Waals surface area contributed by atoms with Crippen LogP contribution in [0.2, 0.25) is 15.6 Å². The van der Waals surface area contributed by atoms with Crippen LogP contribution in [0.5, 0.6) is 0 Å². The first-order valence-corrected chi connectivity index (χ1v) is 27.3. The summed E-state index contributed by atoms with van der Waals surface area (Å²) >= 11 is -7.71. The van der Waals surface area contributed by atoms with E-state index in [-0.39, 0.29) is 42.1 Å². The van der Waals surface area contributed by atoms with Gasteiger partial charge in [-0.3, -0.25) is 0 Å². The minimum absolute atomic E-state index is 0.00695. The van der Waals surface area contributed by atoms with E-state index in [4.69, 9.17) is 0 Å². The van der Waals surface area contributed by atoms with Gasteiger partial charge in [-0.25, -0.2) is 0 Å². The molecular formula is C31H52Ge2O4. The predicted octanol–water partition coefficient (Wildman–Crippen LogP) is 7.44. The summed E-state index contributed by atoms with van der Waals surface area (Å²) in [6.07, 6.45) is 20.6. The maximum absolute atomic E-state index is 14.4. The Morgan fingerprint density at radius 2 is 0.595 bits per heavy atom. The van der Waals surface area contributed by atoms with Crippen LogP contribution < -0.4 is 0 Å². The number of hydrogen-bond acceptors (Lipinski definition) is 4. The standard InChI is InChI=1S/C31H52Ge2O4/c1-32(28(34)24-15-7-3-8-16-24,29(35)25-17-9-4-10-18-25)23-33(2,30(36)26-19-11-5-12-20-26)31(37)27-21-13-6-14-22-27/h24-27H,3-23H2,1-2H3. The average Bonchev–Trinajstić information content (AvgIpc) is 2.97. The molecule has 0 N–H and O–H groups in total. The van der Waals surface area contributed by atoms with Crippen LogP contribution in [0.15, 0.2) is 0 Å². The molecule has 4 aliphatic rings. The monoisotopic (exact) mass is 636 g/mol. The van der Waals surface area contributed by atoms with Crippen molar-refractivity contribution < 1.29 is 19.2 Å². The summed E-state index contributed by atoms with van der Waals surface area (Å²) in [4.78, 5) is 57.8. The predicted molar refractivity (Wildman–Crippen MR) is 154 cm³/mol. The molecule has 4 saturated carbocycles. The Morgan fingerprint density at radius 1 is 0.405 bits per heavy atom. The molecule has 0 bridgehead atoms. The van der Waals surface area contributed by atoms with Crippen LogP contribution >= 0.6 is 0 Å². The van der Waals surface area contributed by atoms with Gasteiger partial charge in [-0.05, 0) is 0 Å². The van der Waals surface area contributed by atoms with E-state index in [0.717, 1.165) is 103 Å². The summed E-state index contributed by atoms with van der Waals surface area (Å²) in [6.45, 7) is 0. The quantitative estimate of drug-likeness (QED) is 0.235. The minimum atomic E-state index is -3.85. The molecule has 4 aliphatic carbocycles. The zero-order valence-corrected chi connectivity index (χ0v) is 28.0. The van der Waals surface area contributed by atoms with Gasteiger partial charge >= 0.3 is 232 Å². The van der Waals surface area contributed by atoms with Gasteiger partial charge in [-0.15, -0.1) is 0 Å². The van der Waals surface area contributed by atoms with E-state index in [2.05, 4.69) is 11.5 Å². The summed E-state index contributed by atoms with van der Waals surface area (Å²) < 4.78 is 1.59. The van der Waals surface area contributed by atoms with Crippen molar-refractivity contribution >= 4 is 45.0 Å². The Bertz CT molecular complexity index is 700. The third kappa shape index (κ3) is 6.74. The number of carbonyl (C=O) groups is 4. The van der Waals surface area contributed by atoms with Crippen LogP contribution in [0.3, 0.4) is 0 Å². The molecule has 0 unspecified atom stereocenters. The molecule has 208 valence electrons. The first kappa shape index (κ1) is 29.7. The van der Waals surface area contributed by atoms with Gasteiger partial charge in [0.05, 0.1) is 0 Å². The molecule has 6 heteroatoms. The Morgan fingerprint density at radius 3 is 0.784 bits per heavy atom. The normalized spacial score (nSPS) is 24.1. The molecule has 0 saturated heterocycles. The molecule has 0 aromatic heterocycles. The maximum atomic E-state index is 14.4. The van der Waals surface area contributed by atoms with E-state index >= 15 is 0 Å². The van der Waals surface area contributed by atoms with Crippen LogP contribution in [0, 0.1) is 23.7 Å². The van der Waals surface area contributed by atoms with Crippen LogP contribution in [0.4, 0.5) is 0 Å². The SMILES string of the molecule is [CH3][Ge]([CH2][Ge]([CH3])([C](=O)C1CCCCC1)[C](=O)C1CCCCC1)([C](=O)C1CCCCC1)[C](=O)C1CCCCC1. The Labute approximate surface area is 231 Å². The van der Waals surface area contributed by atoms with Gasteiger partial charge in [0.1, 0.15) is 0 Å². The van der Waals surface area contributed by atoms with Gasteiger partial charge in [-0.1, -0.05) is 0 Å². The van der Waals surface area contributed by atoms with Crippen molar-refractivity contribution in [3.05, 3.63) is 0 Å². The fourth-order valence-electron chi connectivity index (χ4n) is 8.56. The molecule has 0 heterocycles. The van der Waals surface area contributed by atoms with Gasteiger partial charge in [0.2, 0.25) is 0 Å². The zero-order valence-electron chi connectivity index (χ0n) is 23.8. The second-order valence-corrected chi connectivity index (χ2v) is 33.5. The van der Waals surface area contributed by atoms with Crippen LogP contribution in [0.25, 0.3) is 0 Å². The second-order valence-electron chi connectivity index (χ2n) is 13.6. The number of hydrogen-bond donors (Lipinski definition) is 0. The van der Waals surface area contributed by atoms with Gasteiger partial charge in [0.15, 0.2) is 0 Å². The summed E-state index contributed by atoms with van der Waals surface area (Å²) in [5.74, 6) is 4.19. The van der Waals surface area contributed by atoms with E-state index in [9.17, 15) is 19.2 Å². The average molecular weight is 634 g/mol. The van der Waals surface area contributed by atoms with Gasteiger partial charge in [0.25, 0.3) is 0 Å². The molecule has 0 amide bonds. The van der Waals surface area contributed by atoms with Crippen molar-refractivity contribution in [1.82, 2.24) is 0 Å². The molecule has 4 rings (SSSR count). The molecule has 0 aliphatic heterocycles. The fourth-order valence-corrected chi connectivity index (χ4v) is 47.0. The van der Waals surface area contributed by atoms with Gasteiger partial charge < -0.3 is 0 Å². The van der Waals surface area contributed by atoms with Crippen molar-refractivity contribution in [2.24, 2.45) is 23.7 Å². The van der Waals surface area contributed by atoms with E-state index in [1.807, 2.05) is 0 Å². The van der Waals surface area contributed by atoms with E-state index < -0.39 is 26.5 Å². The van der Waals surface area contributed by atoms with Crippen LogP contribution in [-0.2, 0) is 19.2 Å². The third-order valence-electron chi connectivity index (χ3n) is 10.8. The summed E-state index contributed by atoms with van der Waals surface area (Å²) in [7, 11) is 0. The fraction of sp³-hybridized carbons (Fsp3) is 0.871. The third-order valence-corrected chi connectivity index (χ3v) is 41.7. The van der Waals surface area contributed by atoms with E-state index in [1.165, 1.54) is 25.7 Å². The molecule has 37 heavy (non-hydrogen) atoms. The van der Waals surface area contributed by atoms with E-state index in [0.29, 0.717) is 4.09 Å². The van der Waals surface area contributed by atoms with E-state index in [1.54, 1.807) is 0 Å². The Balaban J connectivity index is 1.71. The van der Waals surface area contributed by atoms with Crippen molar-refractivity contribution in [3.63, 3.8) is 0 Å². The molecular weight excluding hydrogens is 582 g/mol. The van der Waals surface area contributed by atoms with Gasteiger partial charge in [-0.2, -0.15) is 0 Å². The molecule has 0 radical (unpaired) electrons. The number of carbonyl (C=O) groups excluding carboxylic acids is 4. The molecule has 4 nitrogen and oxygen atoms in total. The summed E-state index contributed by atoms with van der Waals surface area (Å²) in [5.41, 5.74) is 0. The molecule has 0 aromatic rings. The Hall–Kier alpha value is -0.234. The van der Waals surface area contributed by atoms with Crippen molar-refractivity contribution in [2.45, 2.75) is 144 Å². The molecule has 0 atom stereocenters. The second kappa shape index (κ2) is 13.4. The van der Waals surface area contributed by atoms with Crippen molar-refractivity contribution in [3.8, 4) is 0 Å². The van der Waals surface area contributed by atoms with Gasteiger partial charge in [0, 0.05) is 0 Å². The summed E-state index contributed by atoms with van der Waals surface area (Å²) in [6, 6.07) is 0. The van der Waals surface area contributed by atoms with Crippen LogP contribution in [0.1, 0.15) is 128 Å². The topological polar surface area (TPSA) is 68.3 Å².